The van der Waals surface area contributed by atoms with Crippen LogP contribution in [0, 0.1) is 5.92 Å². The maximum absolute atomic E-state index is 12.2. The van der Waals surface area contributed by atoms with E-state index in [1.54, 1.807) is 18.2 Å². The molecule has 1 aliphatic rings. The molecule has 0 radical (unpaired) electrons. The molecule has 4 nitrogen and oxygen atoms in total. The summed E-state index contributed by atoms with van der Waals surface area (Å²) in [6.07, 6.45) is 1.52. The first kappa shape index (κ1) is 17.5. The quantitative estimate of drug-likeness (QED) is 0.785. The van der Waals surface area contributed by atoms with Crippen LogP contribution in [0.3, 0.4) is 0 Å². The Morgan fingerprint density at radius 1 is 1.36 bits per heavy atom. The molecule has 22 heavy (non-hydrogen) atoms. The zero-order valence-electron chi connectivity index (χ0n) is 12.5. The van der Waals surface area contributed by atoms with Crippen LogP contribution >= 0.6 is 23.2 Å². The second kappa shape index (κ2) is 7.18. The smallest absolute Gasteiger partial charge is 0.252 e. The maximum Gasteiger partial charge on any atom is 0.252 e. The Bertz CT molecular complexity index is 522. The van der Waals surface area contributed by atoms with Crippen LogP contribution in [0.15, 0.2) is 18.2 Å². The number of benzene rings is 1. The Balaban J connectivity index is 1.96. The SMILES string of the molecule is CC1CCC(O)(C(=O)NC[C@@H](O)c2c(Cl)cccc2Cl)CC1. The van der Waals surface area contributed by atoms with E-state index in [1.807, 2.05) is 0 Å². The third kappa shape index (κ3) is 3.93. The van der Waals surface area contributed by atoms with E-state index >= 15 is 0 Å². The van der Waals surface area contributed by atoms with Crippen molar-refractivity contribution >= 4 is 29.1 Å². The lowest BCUT2D eigenvalue weighted by Gasteiger charge is -2.33. The monoisotopic (exact) mass is 345 g/mol. The Labute approximate surface area is 140 Å². The van der Waals surface area contributed by atoms with Gasteiger partial charge in [0.1, 0.15) is 5.60 Å². The fourth-order valence-corrected chi connectivity index (χ4v) is 3.40. The summed E-state index contributed by atoms with van der Waals surface area (Å²) in [5.74, 6) is 0.0854. The molecule has 0 bridgehead atoms. The molecule has 0 heterocycles. The van der Waals surface area contributed by atoms with Gasteiger partial charge in [0, 0.05) is 22.2 Å². The summed E-state index contributed by atoms with van der Waals surface area (Å²) in [5.41, 5.74) is -0.952. The predicted octanol–water partition coefficient (Wildman–Crippen LogP) is 3.08. The Hall–Kier alpha value is -0.810. The summed E-state index contributed by atoms with van der Waals surface area (Å²) in [4.78, 5) is 12.2. The number of amides is 1. The van der Waals surface area contributed by atoms with Gasteiger partial charge in [0.05, 0.1) is 6.10 Å². The van der Waals surface area contributed by atoms with Crippen LogP contribution in [0.4, 0.5) is 0 Å². The van der Waals surface area contributed by atoms with Crippen molar-refractivity contribution in [3.05, 3.63) is 33.8 Å². The normalized spacial score (nSPS) is 26.5. The molecule has 0 spiro atoms. The zero-order chi connectivity index (χ0) is 16.3. The van der Waals surface area contributed by atoms with E-state index in [-0.39, 0.29) is 6.54 Å². The van der Waals surface area contributed by atoms with Crippen LogP contribution < -0.4 is 5.32 Å². The molecule has 1 saturated carbocycles. The molecule has 0 aromatic heterocycles. The lowest BCUT2D eigenvalue weighted by molar-refractivity contribution is -0.144. The van der Waals surface area contributed by atoms with E-state index in [4.69, 9.17) is 23.2 Å². The number of hydrogen-bond acceptors (Lipinski definition) is 3. The largest absolute Gasteiger partial charge is 0.386 e. The van der Waals surface area contributed by atoms with Crippen LogP contribution in [0.1, 0.15) is 44.3 Å². The van der Waals surface area contributed by atoms with Crippen molar-refractivity contribution in [2.24, 2.45) is 5.92 Å². The van der Waals surface area contributed by atoms with E-state index in [2.05, 4.69) is 12.2 Å². The predicted molar refractivity (Wildman–Crippen MR) is 87.0 cm³/mol. The first-order valence-electron chi connectivity index (χ1n) is 7.46. The van der Waals surface area contributed by atoms with Crippen LogP contribution in [-0.2, 0) is 4.79 Å². The fraction of sp³-hybridized carbons (Fsp3) is 0.562. The van der Waals surface area contributed by atoms with Gasteiger partial charge in [-0.2, -0.15) is 0 Å². The third-order valence-electron chi connectivity index (χ3n) is 4.31. The molecule has 1 fully saturated rings. The Kier molecular flexibility index (Phi) is 5.72. The fourth-order valence-electron chi connectivity index (χ4n) is 2.75. The van der Waals surface area contributed by atoms with Gasteiger partial charge in [0.15, 0.2) is 0 Å². The molecule has 1 aromatic rings. The van der Waals surface area contributed by atoms with Crippen molar-refractivity contribution in [2.75, 3.05) is 6.54 Å². The number of hydrogen-bond donors (Lipinski definition) is 3. The van der Waals surface area contributed by atoms with Gasteiger partial charge < -0.3 is 15.5 Å². The van der Waals surface area contributed by atoms with Crippen molar-refractivity contribution in [3.8, 4) is 0 Å². The van der Waals surface area contributed by atoms with Gasteiger partial charge in [-0.3, -0.25) is 4.79 Å². The van der Waals surface area contributed by atoms with Crippen molar-refractivity contribution in [1.29, 1.82) is 0 Å². The van der Waals surface area contributed by atoms with Crippen molar-refractivity contribution in [1.82, 2.24) is 5.32 Å². The number of aliphatic hydroxyl groups is 2. The second-order valence-corrected chi connectivity index (χ2v) is 6.89. The highest BCUT2D eigenvalue weighted by Crippen LogP contribution is 2.33. The third-order valence-corrected chi connectivity index (χ3v) is 4.97. The molecular weight excluding hydrogens is 325 g/mol. The summed E-state index contributed by atoms with van der Waals surface area (Å²) in [7, 11) is 0. The van der Waals surface area contributed by atoms with Crippen LogP contribution in [0.25, 0.3) is 0 Å². The first-order valence-corrected chi connectivity index (χ1v) is 8.22. The summed E-state index contributed by atoms with van der Waals surface area (Å²) in [6.45, 7) is 2.07. The zero-order valence-corrected chi connectivity index (χ0v) is 14.0. The van der Waals surface area contributed by atoms with E-state index in [1.165, 1.54) is 0 Å². The summed E-state index contributed by atoms with van der Waals surface area (Å²) >= 11 is 12.1. The van der Waals surface area contributed by atoms with Crippen molar-refractivity contribution in [2.45, 2.75) is 44.3 Å². The van der Waals surface area contributed by atoms with Gasteiger partial charge in [0.25, 0.3) is 5.91 Å². The second-order valence-electron chi connectivity index (χ2n) is 6.08. The number of halogens is 2. The number of carbonyl (C=O) groups is 1. The Morgan fingerprint density at radius 2 is 1.91 bits per heavy atom. The molecule has 1 atom stereocenters. The molecule has 0 aliphatic heterocycles. The highest BCUT2D eigenvalue weighted by Gasteiger charge is 2.38. The molecule has 0 saturated heterocycles. The van der Waals surface area contributed by atoms with Gasteiger partial charge in [0.2, 0.25) is 0 Å². The van der Waals surface area contributed by atoms with Crippen LogP contribution in [0.5, 0.6) is 0 Å². The molecule has 1 amide bonds. The average molecular weight is 346 g/mol. The minimum Gasteiger partial charge on any atom is -0.386 e. The Morgan fingerprint density at radius 3 is 2.45 bits per heavy atom. The molecule has 0 unspecified atom stereocenters. The van der Waals surface area contributed by atoms with Crippen LogP contribution in [-0.4, -0.2) is 28.3 Å². The lowest BCUT2D eigenvalue weighted by atomic mass is 9.79. The van der Waals surface area contributed by atoms with Gasteiger partial charge in [-0.15, -0.1) is 0 Å². The molecular formula is C16H21Cl2NO3. The number of aliphatic hydroxyl groups excluding tert-OH is 1. The molecule has 122 valence electrons. The molecule has 3 N–H and O–H groups in total. The van der Waals surface area contributed by atoms with Gasteiger partial charge in [-0.25, -0.2) is 0 Å². The standard InChI is InChI=1S/C16H21Cl2NO3/c1-10-5-7-16(22,8-6-10)15(21)19-9-13(20)14-11(17)3-2-4-12(14)18/h2-4,10,13,20,22H,5-9H2,1H3,(H,19,21)/t10?,13-,16?/m1/s1. The highest BCUT2D eigenvalue weighted by atomic mass is 35.5. The van der Waals surface area contributed by atoms with Gasteiger partial charge in [-0.1, -0.05) is 36.2 Å². The van der Waals surface area contributed by atoms with E-state index < -0.39 is 17.6 Å². The van der Waals surface area contributed by atoms with E-state index in [9.17, 15) is 15.0 Å². The summed E-state index contributed by atoms with van der Waals surface area (Å²) in [5, 5.41) is 23.9. The minimum absolute atomic E-state index is 0.0415. The average Bonchev–Trinajstić information content (AvgIpc) is 2.47. The summed E-state index contributed by atoms with van der Waals surface area (Å²) < 4.78 is 0. The van der Waals surface area contributed by atoms with Crippen molar-refractivity contribution < 1.29 is 15.0 Å². The number of rotatable bonds is 4. The van der Waals surface area contributed by atoms with Crippen LogP contribution in [0.2, 0.25) is 10.0 Å². The topological polar surface area (TPSA) is 69.6 Å². The molecule has 1 aromatic carbocycles. The molecule has 6 heteroatoms. The minimum atomic E-state index is -1.34. The lowest BCUT2D eigenvalue weighted by Crippen LogP contribution is -2.49. The van der Waals surface area contributed by atoms with Gasteiger partial charge >= 0.3 is 0 Å². The highest BCUT2D eigenvalue weighted by molar-refractivity contribution is 6.36. The van der Waals surface area contributed by atoms with E-state index in [0.29, 0.717) is 34.4 Å². The number of carbonyl (C=O) groups excluding carboxylic acids is 1. The van der Waals surface area contributed by atoms with Gasteiger partial charge in [-0.05, 0) is 43.7 Å². The van der Waals surface area contributed by atoms with Crippen molar-refractivity contribution in [3.63, 3.8) is 0 Å². The maximum atomic E-state index is 12.2. The summed E-state index contributed by atoms with van der Waals surface area (Å²) in [6, 6.07) is 4.94. The van der Waals surface area contributed by atoms with E-state index in [0.717, 1.165) is 12.8 Å². The molecule has 1 aliphatic carbocycles. The first-order chi connectivity index (χ1) is 10.3. The number of nitrogens with one attached hydrogen (secondary N) is 1. The molecule has 2 rings (SSSR count).